The molecule has 3 rings (SSSR count). The van der Waals surface area contributed by atoms with Gasteiger partial charge in [-0.15, -0.1) is 0 Å². The summed E-state index contributed by atoms with van der Waals surface area (Å²) in [6, 6.07) is 12.1. The van der Waals surface area contributed by atoms with Crippen LogP contribution in [0.1, 0.15) is 18.3 Å². The van der Waals surface area contributed by atoms with E-state index in [2.05, 4.69) is 9.55 Å². The number of aromatic hydroxyl groups is 1. The summed E-state index contributed by atoms with van der Waals surface area (Å²) in [4.78, 5) is 4.58. The second kappa shape index (κ2) is 4.96. The van der Waals surface area contributed by atoms with E-state index in [1.54, 1.807) is 6.07 Å². The molecule has 1 N–H and O–H groups in total. The summed E-state index contributed by atoms with van der Waals surface area (Å²) in [5, 5.41) is 9.26. The van der Waals surface area contributed by atoms with Crippen LogP contribution in [-0.4, -0.2) is 14.7 Å². The van der Waals surface area contributed by atoms with Crippen LogP contribution in [0.15, 0.2) is 42.5 Å². The van der Waals surface area contributed by atoms with Crippen molar-refractivity contribution in [3.63, 3.8) is 0 Å². The maximum atomic E-state index is 13.8. The molecule has 1 aromatic heterocycles. The van der Waals surface area contributed by atoms with Gasteiger partial charge in [0.25, 0.3) is 0 Å². The van der Waals surface area contributed by atoms with Crippen molar-refractivity contribution in [2.24, 2.45) is 0 Å². The summed E-state index contributed by atoms with van der Waals surface area (Å²) >= 11 is 0. The van der Waals surface area contributed by atoms with E-state index in [4.69, 9.17) is 0 Å². The Morgan fingerprint density at radius 1 is 1.20 bits per heavy atom. The Bertz CT molecular complexity index is 764. The van der Waals surface area contributed by atoms with Crippen LogP contribution < -0.4 is 0 Å². The third-order valence-electron chi connectivity index (χ3n) is 3.44. The van der Waals surface area contributed by atoms with Crippen molar-refractivity contribution in [2.45, 2.75) is 19.9 Å². The van der Waals surface area contributed by atoms with E-state index in [1.165, 1.54) is 6.07 Å². The minimum Gasteiger partial charge on any atom is -0.508 e. The van der Waals surface area contributed by atoms with Gasteiger partial charge in [0.2, 0.25) is 0 Å². The minimum atomic E-state index is -0.403. The van der Waals surface area contributed by atoms with E-state index >= 15 is 0 Å². The Balaban J connectivity index is 2.06. The molecule has 0 aliphatic rings. The number of rotatable bonds is 3. The first-order chi connectivity index (χ1) is 9.69. The highest BCUT2D eigenvalue weighted by Crippen LogP contribution is 2.21. The van der Waals surface area contributed by atoms with Crippen LogP contribution in [0.3, 0.4) is 0 Å². The van der Waals surface area contributed by atoms with Crippen molar-refractivity contribution < 1.29 is 9.50 Å². The van der Waals surface area contributed by atoms with E-state index in [-0.39, 0.29) is 5.75 Å². The molecule has 0 spiro atoms. The Morgan fingerprint density at radius 2 is 2.00 bits per heavy atom. The van der Waals surface area contributed by atoms with Crippen LogP contribution in [0.2, 0.25) is 0 Å². The highest BCUT2D eigenvalue weighted by atomic mass is 19.1. The number of imidazole rings is 1. The van der Waals surface area contributed by atoms with Crippen molar-refractivity contribution in [3.05, 3.63) is 59.7 Å². The lowest BCUT2D eigenvalue weighted by atomic mass is 10.1. The maximum Gasteiger partial charge on any atom is 0.130 e. The van der Waals surface area contributed by atoms with E-state index in [0.717, 1.165) is 29.5 Å². The average molecular weight is 270 g/mol. The van der Waals surface area contributed by atoms with Crippen molar-refractivity contribution >= 4 is 11.0 Å². The number of benzene rings is 2. The van der Waals surface area contributed by atoms with E-state index in [1.807, 2.05) is 31.2 Å². The molecular weight excluding hydrogens is 255 g/mol. The van der Waals surface area contributed by atoms with Gasteiger partial charge >= 0.3 is 0 Å². The molecule has 20 heavy (non-hydrogen) atoms. The zero-order chi connectivity index (χ0) is 14.1. The van der Waals surface area contributed by atoms with Crippen molar-refractivity contribution in [1.82, 2.24) is 9.55 Å². The number of hydrogen-bond acceptors (Lipinski definition) is 2. The number of nitrogens with zero attached hydrogens (tertiary/aromatic N) is 2. The monoisotopic (exact) mass is 270 g/mol. The van der Waals surface area contributed by atoms with Crippen molar-refractivity contribution in [1.29, 1.82) is 0 Å². The van der Waals surface area contributed by atoms with Crippen LogP contribution >= 0.6 is 0 Å². The topological polar surface area (TPSA) is 38.0 Å². The van der Waals surface area contributed by atoms with Gasteiger partial charge in [0.15, 0.2) is 0 Å². The van der Waals surface area contributed by atoms with Crippen LogP contribution in [0.25, 0.3) is 11.0 Å². The molecule has 0 saturated heterocycles. The SMILES string of the molecule is CCn1c(Cc2ccc(O)cc2F)nc2ccccc21. The van der Waals surface area contributed by atoms with Crippen LogP contribution in [0.4, 0.5) is 4.39 Å². The number of hydrogen-bond donors (Lipinski definition) is 1. The number of phenolic OH excluding ortho intramolecular Hbond substituents is 1. The average Bonchev–Trinajstić information content (AvgIpc) is 2.79. The second-order valence-electron chi connectivity index (χ2n) is 4.71. The summed E-state index contributed by atoms with van der Waals surface area (Å²) < 4.78 is 15.9. The molecule has 0 saturated carbocycles. The quantitative estimate of drug-likeness (QED) is 0.791. The molecule has 102 valence electrons. The third-order valence-corrected chi connectivity index (χ3v) is 3.44. The third kappa shape index (κ3) is 2.13. The van der Waals surface area contributed by atoms with Gasteiger partial charge in [-0.3, -0.25) is 0 Å². The molecule has 0 fully saturated rings. The van der Waals surface area contributed by atoms with Gasteiger partial charge in [0, 0.05) is 19.0 Å². The van der Waals surface area contributed by atoms with E-state index < -0.39 is 5.82 Å². The highest BCUT2D eigenvalue weighted by molar-refractivity contribution is 5.76. The molecule has 0 radical (unpaired) electrons. The number of aryl methyl sites for hydroxylation is 1. The van der Waals surface area contributed by atoms with Gasteiger partial charge in [-0.05, 0) is 30.7 Å². The Morgan fingerprint density at radius 3 is 2.75 bits per heavy atom. The van der Waals surface area contributed by atoms with Gasteiger partial charge in [-0.2, -0.15) is 0 Å². The fourth-order valence-electron chi connectivity index (χ4n) is 2.46. The van der Waals surface area contributed by atoms with Gasteiger partial charge in [0.05, 0.1) is 11.0 Å². The molecule has 0 aliphatic heterocycles. The highest BCUT2D eigenvalue weighted by Gasteiger charge is 2.12. The molecule has 2 aromatic carbocycles. The molecule has 3 aromatic rings. The van der Waals surface area contributed by atoms with Gasteiger partial charge in [-0.1, -0.05) is 18.2 Å². The Kier molecular flexibility index (Phi) is 3.14. The molecule has 4 heteroatoms. The lowest BCUT2D eigenvalue weighted by Gasteiger charge is -2.07. The summed E-state index contributed by atoms with van der Waals surface area (Å²) in [7, 11) is 0. The van der Waals surface area contributed by atoms with E-state index in [9.17, 15) is 9.50 Å². The molecule has 0 atom stereocenters. The molecule has 0 amide bonds. The van der Waals surface area contributed by atoms with Crippen LogP contribution in [0.5, 0.6) is 5.75 Å². The molecule has 0 unspecified atom stereocenters. The molecule has 1 heterocycles. The number of fused-ring (bicyclic) bond motifs is 1. The fourth-order valence-corrected chi connectivity index (χ4v) is 2.46. The fraction of sp³-hybridized carbons (Fsp3) is 0.188. The first-order valence-electron chi connectivity index (χ1n) is 6.60. The normalized spacial score (nSPS) is 11.1. The van der Waals surface area contributed by atoms with Crippen molar-refractivity contribution in [2.75, 3.05) is 0 Å². The first kappa shape index (κ1) is 12.7. The summed E-state index contributed by atoms with van der Waals surface area (Å²) in [6.07, 6.45) is 0.411. The zero-order valence-electron chi connectivity index (χ0n) is 11.2. The standard InChI is InChI=1S/C16H15FN2O/c1-2-19-15-6-4-3-5-14(15)18-16(19)9-11-7-8-12(20)10-13(11)17/h3-8,10,20H,2,9H2,1H3. The molecule has 0 bridgehead atoms. The largest absolute Gasteiger partial charge is 0.508 e. The van der Waals surface area contributed by atoms with Crippen LogP contribution in [-0.2, 0) is 13.0 Å². The van der Waals surface area contributed by atoms with E-state index in [0.29, 0.717) is 12.0 Å². The molecule has 0 aliphatic carbocycles. The van der Waals surface area contributed by atoms with Crippen LogP contribution in [0, 0.1) is 5.82 Å². The van der Waals surface area contributed by atoms with Gasteiger partial charge in [0.1, 0.15) is 17.4 Å². The smallest absolute Gasteiger partial charge is 0.130 e. The predicted molar refractivity (Wildman–Crippen MR) is 76.3 cm³/mol. The molecular formula is C16H15FN2O. The summed E-state index contributed by atoms with van der Waals surface area (Å²) in [5.74, 6) is 0.369. The van der Waals surface area contributed by atoms with Gasteiger partial charge in [-0.25, -0.2) is 9.37 Å². The number of halogens is 1. The molecule has 3 nitrogen and oxygen atoms in total. The Hall–Kier alpha value is -2.36. The lowest BCUT2D eigenvalue weighted by molar-refractivity contribution is 0.468. The van der Waals surface area contributed by atoms with Crippen molar-refractivity contribution in [3.8, 4) is 5.75 Å². The zero-order valence-corrected chi connectivity index (χ0v) is 11.2. The lowest BCUT2D eigenvalue weighted by Crippen LogP contribution is -2.03. The predicted octanol–water partition coefficient (Wildman–Crippen LogP) is 3.49. The second-order valence-corrected chi connectivity index (χ2v) is 4.71. The number of para-hydroxylation sites is 2. The Labute approximate surface area is 116 Å². The number of phenols is 1. The minimum absolute atomic E-state index is 0.0600. The first-order valence-corrected chi connectivity index (χ1v) is 6.60. The maximum absolute atomic E-state index is 13.8. The number of aromatic nitrogens is 2. The summed E-state index contributed by atoms with van der Waals surface area (Å²) in [5.41, 5.74) is 2.51. The van der Waals surface area contributed by atoms with Gasteiger partial charge < -0.3 is 9.67 Å². The summed E-state index contributed by atoms with van der Waals surface area (Å²) in [6.45, 7) is 2.83.